The molecule has 17 heavy (non-hydrogen) atoms. The van der Waals surface area contributed by atoms with Gasteiger partial charge < -0.3 is 4.90 Å². The molecule has 1 heterocycles. The Morgan fingerprint density at radius 2 is 2.00 bits per heavy atom. The number of carbonyl (C=O) groups excluding carboxylic acids is 1. The summed E-state index contributed by atoms with van der Waals surface area (Å²) in [7, 11) is 5.26. The van der Waals surface area contributed by atoms with Gasteiger partial charge in [0.15, 0.2) is 0 Å². The van der Waals surface area contributed by atoms with Crippen molar-refractivity contribution in [1.29, 1.82) is 0 Å². The molecule has 6 heteroatoms. The number of carbonyl (C=O) groups is 1. The predicted octanol–water partition coefficient (Wildman–Crippen LogP) is 0.334. The number of nitrogens with zero attached hydrogens (tertiary/aromatic N) is 4. The van der Waals surface area contributed by atoms with E-state index in [4.69, 9.17) is 0 Å². The smallest absolute Gasteiger partial charge is 0.347 e. The standard InChI is InChI=1S/C11H18N4O2/c1-11(2)6-7(11)8(16)15-10(17)12-9(13(3)4)14(15)5/h7H,6H2,1-5H3. The number of hydrogen-bond acceptors (Lipinski definition) is 4. The summed E-state index contributed by atoms with van der Waals surface area (Å²) in [6.45, 7) is 4.06. The third-order valence-corrected chi connectivity index (χ3v) is 3.39. The van der Waals surface area contributed by atoms with E-state index in [9.17, 15) is 9.59 Å². The molecule has 0 bridgehead atoms. The van der Waals surface area contributed by atoms with Crippen LogP contribution in [0.1, 0.15) is 25.1 Å². The Morgan fingerprint density at radius 1 is 1.47 bits per heavy atom. The fourth-order valence-electron chi connectivity index (χ4n) is 2.09. The van der Waals surface area contributed by atoms with Gasteiger partial charge in [0.1, 0.15) is 0 Å². The molecule has 1 aromatic rings. The quantitative estimate of drug-likeness (QED) is 0.745. The minimum Gasteiger partial charge on any atom is -0.347 e. The lowest BCUT2D eigenvalue weighted by Gasteiger charge is -2.12. The molecule has 0 aromatic carbocycles. The van der Waals surface area contributed by atoms with Gasteiger partial charge in [-0.1, -0.05) is 13.8 Å². The van der Waals surface area contributed by atoms with Crippen molar-refractivity contribution in [2.75, 3.05) is 19.0 Å². The summed E-state index contributed by atoms with van der Waals surface area (Å²) >= 11 is 0. The molecule has 2 rings (SSSR count). The summed E-state index contributed by atoms with van der Waals surface area (Å²) in [6, 6.07) is 0. The van der Waals surface area contributed by atoms with Crippen LogP contribution in [-0.4, -0.2) is 34.4 Å². The zero-order valence-electron chi connectivity index (χ0n) is 10.9. The molecule has 6 nitrogen and oxygen atoms in total. The van der Waals surface area contributed by atoms with Crippen molar-refractivity contribution in [2.24, 2.45) is 18.4 Å². The molecule has 94 valence electrons. The molecule has 1 fully saturated rings. The van der Waals surface area contributed by atoms with E-state index in [1.165, 1.54) is 4.68 Å². The van der Waals surface area contributed by atoms with Gasteiger partial charge in [0.25, 0.3) is 5.91 Å². The second-order valence-electron chi connectivity index (χ2n) is 5.51. The van der Waals surface area contributed by atoms with E-state index in [0.29, 0.717) is 5.95 Å². The first-order chi connectivity index (χ1) is 7.75. The first-order valence-corrected chi connectivity index (χ1v) is 5.63. The van der Waals surface area contributed by atoms with E-state index < -0.39 is 5.69 Å². The maximum Gasteiger partial charge on any atom is 0.373 e. The number of anilines is 1. The van der Waals surface area contributed by atoms with E-state index in [1.807, 2.05) is 13.8 Å². The van der Waals surface area contributed by atoms with Crippen molar-refractivity contribution < 1.29 is 4.79 Å². The maximum absolute atomic E-state index is 12.2. The molecule has 1 atom stereocenters. The van der Waals surface area contributed by atoms with Crippen LogP contribution < -0.4 is 10.6 Å². The summed E-state index contributed by atoms with van der Waals surface area (Å²) in [5, 5.41) is 0. The summed E-state index contributed by atoms with van der Waals surface area (Å²) < 4.78 is 2.65. The normalized spacial score (nSPS) is 21.4. The van der Waals surface area contributed by atoms with Crippen molar-refractivity contribution in [3.05, 3.63) is 10.5 Å². The number of aromatic nitrogens is 3. The average Bonchev–Trinajstić information content (AvgIpc) is 2.72. The highest BCUT2D eigenvalue weighted by Crippen LogP contribution is 2.52. The highest BCUT2D eigenvalue weighted by Gasteiger charge is 2.52. The van der Waals surface area contributed by atoms with E-state index >= 15 is 0 Å². The van der Waals surface area contributed by atoms with E-state index in [0.717, 1.165) is 11.1 Å². The molecule has 1 unspecified atom stereocenters. The molecular formula is C11H18N4O2. The highest BCUT2D eigenvalue weighted by molar-refractivity contribution is 5.84. The van der Waals surface area contributed by atoms with Crippen LogP contribution in [0.2, 0.25) is 0 Å². The molecule has 0 N–H and O–H groups in total. The third kappa shape index (κ3) is 1.77. The predicted molar refractivity (Wildman–Crippen MR) is 64.3 cm³/mol. The molecule has 1 aliphatic carbocycles. The van der Waals surface area contributed by atoms with Gasteiger partial charge in [-0.3, -0.25) is 4.79 Å². The fraction of sp³-hybridized carbons (Fsp3) is 0.727. The molecule has 1 saturated carbocycles. The summed E-state index contributed by atoms with van der Waals surface area (Å²) in [4.78, 5) is 29.5. The third-order valence-electron chi connectivity index (χ3n) is 3.39. The largest absolute Gasteiger partial charge is 0.373 e. The average molecular weight is 238 g/mol. The number of hydrogen-bond donors (Lipinski definition) is 0. The van der Waals surface area contributed by atoms with Crippen molar-refractivity contribution >= 4 is 11.9 Å². The summed E-state index contributed by atoms with van der Waals surface area (Å²) in [6.07, 6.45) is 0.834. The zero-order chi connectivity index (χ0) is 13.0. The minimum atomic E-state index is -0.496. The topological polar surface area (TPSA) is 60.1 Å². The van der Waals surface area contributed by atoms with Gasteiger partial charge in [-0.25, -0.2) is 9.48 Å². The Bertz CT molecular complexity index is 524. The van der Waals surface area contributed by atoms with Gasteiger partial charge in [-0.15, -0.1) is 0 Å². The van der Waals surface area contributed by atoms with Crippen molar-refractivity contribution in [1.82, 2.24) is 14.3 Å². The van der Waals surface area contributed by atoms with Crippen LogP contribution in [0.25, 0.3) is 0 Å². The number of rotatable bonds is 2. The fourth-order valence-corrected chi connectivity index (χ4v) is 2.09. The van der Waals surface area contributed by atoms with Gasteiger partial charge in [-0.2, -0.15) is 9.67 Å². The summed E-state index contributed by atoms with van der Waals surface area (Å²) in [5.74, 6) is 0.274. The summed E-state index contributed by atoms with van der Waals surface area (Å²) in [5.41, 5.74) is -0.483. The van der Waals surface area contributed by atoms with Crippen LogP contribution in [-0.2, 0) is 7.05 Å². The van der Waals surface area contributed by atoms with E-state index in [2.05, 4.69) is 4.98 Å². The molecule has 0 spiro atoms. The molecule has 0 radical (unpaired) electrons. The van der Waals surface area contributed by atoms with Crippen molar-refractivity contribution in [3.8, 4) is 0 Å². The Kier molecular flexibility index (Phi) is 2.41. The van der Waals surface area contributed by atoms with Crippen molar-refractivity contribution in [3.63, 3.8) is 0 Å². The minimum absolute atomic E-state index is 0.0130. The van der Waals surface area contributed by atoms with E-state index in [1.54, 1.807) is 26.0 Å². The molecule has 0 amide bonds. The van der Waals surface area contributed by atoms with Crippen LogP contribution in [0, 0.1) is 11.3 Å². The molecule has 0 aliphatic heterocycles. The molecular weight excluding hydrogens is 220 g/mol. The van der Waals surface area contributed by atoms with Crippen LogP contribution in [0.5, 0.6) is 0 Å². The van der Waals surface area contributed by atoms with Crippen LogP contribution in [0.3, 0.4) is 0 Å². The maximum atomic E-state index is 12.2. The van der Waals surface area contributed by atoms with Gasteiger partial charge >= 0.3 is 5.69 Å². The zero-order valence-corrected chi connectivity index (χ0v) is 10.9. The second-order valence-corrected chi connectivity index (χ2v) is 5.51. The highest BCUT2D eigenvalue weighted by atomic mass is 16.2. The monoisotopic (exact) mass is 238 g/mol. The van der Waals surface area contributed by atoms with Crippen LogP contribution in [0.15, 0.2) is 4.79 Å². The lowest BCUT2D eigenvalue weighted by Crippen LogP contribution is -2.31. The van der Waals surface area contributed by atoms with Gasteiger partial charge in [0, 0.05) is 27.1 Å². The Balaban J connectivity index is 2.40. The molecule has 1 aliphatic rings. The first-order valence-electron chi connectivity index (χ1n) is 5.63. The Morgan fingerprint density at radius 3 is 2.35 bits per heavy atom. The van der Waals surface area contributed by atoms with Gasteiger partial charge in [-0.05, 0) is 11.8 Å². The lowest BCUT2D eigenvalue weighted by atomic mass is 10.1. The van der Waals surface area contributed by atoms with Gasteiger partial charge in [0.05, 0.1) is 0 Å². The van der Waals surface area contributed by atoms with Crippen LogP contribution >= 0.6 is 0 Å². The molecule has 0 saturated heterocycles. The Hall–Kier alpha value is -1.59. The second kappa shape index (κ2) is 3.45. The van der Waals surface area contributed by atoms with Crippen molar-refractivity contribution in [2.45, 2.75) is 20.3 Å². The van der Waals surface area contributed by atoms with Gasteiger partial charge in [0.2, 0.25) is 5.95 Å². The Labute approximate surface area is 99.8 Å². The van der Waals surface area contributed by atoms with E-state index in [-0.39, 0.29) is 17.2 Å². The lowest BCUT2D eigenvalue weighted by molar-refractivity contribution is 0.0834. The molecule has 1 aromatic heterocycles. The van der Waals surface area contributed by atoms with Crippen LogP contribution in [0.4, 0.5) is 5.95 Å². The first kappa shape index (κ1) is 11.9. The SMILES string of the molecule is CN(C)c1nc(=O)n(C(=O)C2CC2(C)C)n1C.